The molecule has 1 saturated heterocycles. The predicted molar refractivity (Wildman–Crippen MR) is 136 cm³/mol. The second-order valence-electron chi connectivity index (χ2n) is 7.91. The fourth-order valence-corrected chi connectivity index (χ4v) is 3.84. The number of nitrogens with zero attached hydrogens (tertiary/aromatic N) is 3. The van der Waals surface area contributed by atoms with Crippen molar-refractivity contribution in [3.05, 3.63) is 39.7 Å². The van der Waals surface area contributed by atoms with Crippen LogP contribution in [0, 0.1) is 13.8 Å². The van der Waals surface area contributed by atoms with Crippen molar-refractivity contribution >= 4 is 29.0 Å². The Morgan fingerprint density at radius 3 is 2.47 bits per heavy atom. The van der Waals surface area contributed by atoms with E-state index in [1.807, 2.05) is 14.0 Å². The minimum atomic E-state index is 0.151. The molecule has 10 heteroatoms. The van der Waals surface area contributed by atoms with Gasteiger partial charge in [0.2, 0.25) is 0 Å². The molecule has 1 aromatic carbocycles. The van der Waals surface area contributed by atoms with Crippen molar-refractivity contribution < 1.29 is 14.0 Å². The SMILES string of the molecule is C1CCOCC1.CNCCCOc1ccc(Cl)c(-c2nc(N)c(Cl)c(-c3c(C)noc3C)n2)c1. The average Bonchev–Trinajstić information content (AvgIpc) is 3.18. The van der Waals surface area contributed by atoms with E-state index in [9.17, 15) is 0 Å². The van der Waals surface area contributed by atoms with Crippen LogP contribution in [0.2, 0.25) is 10.0 Å². The lowest BCUT2D eigenvalue weighted by atomic mass is 10.1. The number of halogens is 2. The topological polar surface area (TPSA) is 108 Å². The summed E-state index contributed by atoms with van der Waals surface area (Å²) < 4.78 is 16.1. The highest BCUT2D eigenvalue weighted by Crippen LogP contribution is 2.37. The highest BCUT2D eigenvalue weighted by Gasteiger charge is 2.21. The number of nitrogens with two attached hydrogens (primary N) is 1. The smallest absolute Gasteiger partial charge is 0.163 e. The summed E-state index contributed by atoms with van der Waals surface area (Å²) in [5.41, 5.74) is 8.46. The molecular formula is C24H31Cl2N5O3. The van der Waals surface area contributed by atoms with E-state index in [2.05, 4.69) is 20.4 Å². The van der Waals surface area contributed by atoms with Crippen LogP contribution >= 0.6 is 23.2 Å². The maximum atomic E-state index is 6.40. The van der Waals surface area contributed by atoms with Gasteiger partial charge in [0.05, 0.1) is 22.9 Å². The highest BCUT2D eigenvalue weighted by molar-refractivity contribution is 6.35. The summed E-state index contributed by atoms with van der Waals surface area (Å²) in [6.45, 7) is 7.05. The summed E-state index contributed by atoms with van der Waals surface area (Å²) in [6, 6.07) is 5.34. The molecule has 0 unspecified atom stereocenters. The van der Waals surface area contributed by atoms with E-state index in [0.717, 1.165) is 26.2 Å². The maximum absolute atomic E-state index is 6.40. The molecule has 0 saturated carbocycles. The first kappa shape index (κ1) is 26.2. The fourth-order valence-electron chi connectivity index (χ4n) is 3.46. The number of nitrogen functional groups attached to an aromatic ring is 1. The number of benzene rings is 1. The first-order valence-electron chi connectivity index (χ1n) is 11.3. The monoisotopic (exact) mass is 507 g/mol. The second kappa shape index (κ2) is 12.9. The Hall–Kier alpha value is -2.39. The van der Waals surface area contributed by atoms with Gasteiger partial charge in [-0.15, -0.1) is 0 Å². The van der Waals surface area contributed by atoms with Crippen LogP contribution in [0.1, 0.15) is 37.1 Å². The van der Waals surface area contributed by atoms with Gasteiger partial charge in [0.15, 0.2) is 5.82 Å². The van der Waals surface area contributed by atoms with E-state index in [4.69, 9.17) is 42.9 Å². The number of hydrogen-bond donors (Lipinski definition) is 2. The van der Waals surface area contributed by atoms with E-state index in [0.29, 0.717) is 51.5 Å². The third-order valence-corrected chi connectivity index (χ3v) is 5.95. The Morgan fingerprint density at radius 2 is 1.88 bits per heavy atom. The fraction of sp³-hybridized carbons (Fsp3) is 0.458. The maximum Gasteiger partial charge on any atom is 0.163 e. The van der Waals surface area contributed by atoms with Crippen molar-refractivity contribution in [3.8, 4) is 28.4 Å². The van der Waals surface area contributed by atoms with Gasteiger partial charge in [0.1, 0.15) is 28.0 Å². The first-order chi connectivity index (χ1) is 16.4. The lowest BCUT2D eigenvalue weighted by Crippen LogP contribution is -2.11. The van der Waals surface area contributed by atoms with Gasteiger partial charge < -0.3 is 25.0 Å². The third kappa shape index (κ3) is 6.82. The van der Waals surface area contributed by atoms with Crippen LogP contribution in [0.4, 0.5) is 5.82 Å². The molecule has 1 fully saturated rings. The van der Waals surface area contributed by atoms with Gasteiger partial charge in [-0.1, -0.05) is 28.4 Å². The molecule has 0 bridgehead atoms. The molecule has 0 aliphatic carbocycles. The minimum absolute atomic E-state index is 0.151. The summed E-state index contributed by atoms with van der Waals surface area (Å²) in [5.74, 6) is 1.77. The third-order valence-electron chi connectivity index (χ3n) is 5.24. The van der Waals surface area contributed by atoms with Crippen LogP contribution in [-0.2, 0) is 4.74 Å². The Balaban J connectivity index is 0.000000469. The molecule has 184 valence electrons. The molecule has 1 aliphatic rings. The standard InChI is InChI=1S/C19H21Cl2N5O2.C5H10O/c1-10-15(11(2)28-26-10)17-16(21)18(22)25-19(24-17)13-9-12(5-6-14(13)20)27-8-4-7-23-3;1-2-4-6-5-3-1/h5-6,9,23H,4,7-8H2,1-3H3,(H2,22,24,25);1-5H2. The average molecular weight is 508 g/mol. The zero-order chi connectivity index (χ0) is 24.5. The number of ether oxygens (including phenoxy) is 2. The Morgan fingerprint density at radius 1 is 1.12 bits per heavy atom. The number of hydrogen-bond acceptors (Lipinski definition) is 8. The van der Waals surface area contributed by atoms with Gasteiger partial charge in [-0.25, -0.2) is 9.97 Å². The van der Waals surface area contributed by atoms with Gasteiger partial charge in [-0.2, -0.15) is 0 Å². The molecule has 1 aliphatic heterocycles. The molecule has 4 rings (SSSR count). The van der Waals surface area contributed by atoms with Gasteiger partial charge >= 0.3 is 0 Å². The molecule has 8 nitrogen and oxygen atoms in total. The number of nitrogens with one attached hydrogen (secondary N) is 1. The van der Waals surface area contributed by atoms with E-state index >= 15 is 0 Å². The molecule has 0 amide bonds. The zero-order valence-electron chi connectivity index (χ0n) is 19.8. The van der Waals surface area contributed by atoms with Crippen LogP contribution in [0.5, 0.6) is 5.75 Å². The zero-order valence-corrected chi connectivity index (χ0v) is 21.3. The predicted octanol–water partition coefficient (Wildman–Crippen LogP) is 5.48. The lowest BCUT2D eigenvalue weighted by Gasteiger charge is -2.12. The van der Waals surface area contributed by atoms with E-state index < -0.39 is 0 Å². The van der Waals surface area contributed by atoms with Crippen molar-refractivity contribution in [2.45, 2.75) is 39.5 Å². The van der Waals surface area contributed by atoms with Crippen LogP contribution in [0.15, 0.2) is 22.7 Å². The van der Waals surface area contributed by atoms with Crippen LogP contribution < -0.4 is 15.8 Å². The highest BCUT2D eigenvalue weighted by atomic mass is 35.5. The number of rotatable bonds is 7. The van der Waals surface area contributed by atoms with Gasteiger partial charge in [0, 0.05) is 18.8 Å². The van der Waals surface area contributed by atoms with Gasteiger partial charge in [0.25, 0.3) is 0 Å². The quantitative estimate of drug-likeness (QED) is 0.404. The van der Waals surface area contributed by atoms with Crippen molar-refractivity contribution in [3.63, 3.8) is 0 Å². The van der Waals surface area contributed by atoms with Crippen molar-refractivity contribution in [1.29, 1.82) is 0 Å². The van der Waals surface area contributed by atoms with Crippen LogP contribution in [0.25, 0.3) is 22.6 Å². The lowest BCUT2D eigenvalue weighted by molar-refractivity contribution is 0.0968. The van der Waals surface area contributed by atoms with E-state index in [1.165, 1.54) is 19.3 Å². The molecule has 0 atom stereocenters. The van der Waals surface area contributed by atoms with Crippen LogP contribution in [0.3, 0.4) is 0 Å². The Labute approximate surface area is 210 Å². The van der Waals surface area contributed by atoms with Crippen molar-refractivity contribution in [2.24, 2.45) is 0 Å². The molecule has 34 heavy (non-hydrogen) atoms. The van der Waals surface area contributed by atoms with E-state index in [1.54, 1.807) is 25.1 Å². The summed E-state index contributed by atoms with van der Waals surface area (Å²) >= 11 is 12.8. The van der Waals surface area contributed by atoms with Crippen molar-refractivity contribution in [2.75, 3.05) is 39.1 Å². The number of aromatic nitrogens is 3. The molecule has 3 N–H and O–H groups in total. The summed E-state index contributed by atoms with van der Waals surface area (Å²) in [5, 5.41) is 7.77. The van der Waals surface area contributed by atoms with Crippen LogP contribution in [-0.4, -0.2) is 48.5 Å². The molecular weight excluding hydrogens is 477 g/mol. The molecule has 3 aromatic rings. The summed E-state index contributed by atoms with van der Waals surface area (Å²) in [7, 11) is 1.90. The molecule has 0 radical (unpaired) electrons. The summed E-state index contributed by atoms with van der Waals surface area (Å²) in [4.78, 5) is 8.92. The van der Waals surface area contributed by atoms with Gasteiger partial charge in [-0.05, 0) is 71.3 Å². The summed E-state index contributed by atoms with van der Waals surface area (Å²) in [6.07, 6.45) is 4.81. The number of anilines is 1. The Kier molecular flexibility index (Phi) is 9.95. The largest absolute Gasteiger partial charge is 0.494 e. The first-order valence-corrected chi connectivity index (χ1v) is 12.1. The number of aryl methyl sites for hydroxylation is 2. The van der Waals surface area contributed by atoms with Crippen molar-refractivity contribution in [1.82, 2.24) is 20.4 Å². The van der Waals surface area contributed by atoms with Gasteiger partial charge in [-0.3, -0.25) is 0 Å². The normalized spacial score (nSPS) is 13.3. The Bertz CT molecular complexity index is 1060. The molecule has 2 aromatic heterocycles. The molecule has 3 heterocycles. The minimum Gasteiger partial charge on any atom is -0.494 e. The second-order valence-corrected chi connectivity index (χ2v) is 8.70. The van der Waals surface area contributed by atoms with E-state index in [-0.39, 0.29) is 10.8 Å². The molecule has 0 spiro atoms.